The number of nitrogen functional groups attached to an aromatic ring is 1. The zero-order valence-electron chi connectivity index (χ0n) is 10.5. The van der Waals surface area contributed by atoms with E-state index >= 15 is 0 Å². The lowest BCUT2D eigenvalue weighted by Gasteiger charge is -2.10. The fourth-order valence-corrected chi connectivity index (χ4v) is 1.61. The molecule has 1 aromatic heterocycles. The predicted molar refractivity (Wildman–Crippen MR) is 71.5 cm³/mol. The lowest BCUT2D eigenvalue weighted by atomic mass is 10.2. The molecule has 8 heteroatoms. The van der Waals surface area contributed by atoms with Crippen molar-refractivity contribution in [1.29, 1.82) is 0 Å². The number of nitrogens with zero attached hydrogens (tertiary/aromatic N) is 2. The summed E-state index contributed by atoms with van der Waals surface area (Å²) >= 11 is 0. The van der Waals surface area contributed by atoms with Crippen molar-refractivity contribution < 1.29 is 14.1 Å². The summed E-state index contributed by atoms with van der Waals surface area (Å²) in [5.74, 6) is -0.0415. The number of hydrogen-bond donors (Lipinski definition) is 2. The molecule has 0 atom stereocenters. The summed E-state index contributed by atoms with van der Waals surface area (Å²) in [5, 5.41) is 13.5. The molecule has 0 aliphatic carbocycles. The first-order chi connectivity index (χ1) is 9.49. The Hall–Kier alpha value is -2.90. The molecule has 7 nitrogen and oxygen atoms in total. The topological polar surface area (TPSA) is 103 Å². The van der Waals surface area contributed by atoms with Crippen LogP contribution in [0.2, 0.25) is 0 Å². The van der Waals surface area contributed by atoms with Crippen LogP contribution in [0.4, 0.5) is 27.4 Å². The Morgan fingerprint density at radius 1 is 1.40 bits per heavy atom. The fourth-order valence-electron chi connectivity index (χ4n) is 1.61. The minimum absolute atomic E-state index is 0.00257. The van der Waals surface area contributed by atoms with Crippen LogP contribution in [-0.2, 0) is 0 Å². The average molecular weight is 278 g/mol. The second-order valence-electron chi connectivity index (χ2n) is 3.86. The Morgan fingerprint density at radius 2 is 2.15 bits per heavy atom. The summed E-state index contributed by atoms with van der Waals surface area (Å²) < 4.78 is 18.1. The number of halogens is 1. The van der Waals surface area contributed by atoms with Gasteiger partial charge in [-0.15, -0.1) is 0 Å². The van der Waals surface area contributed by atoms with Crippen LogP contribution in [0.1, 0.15) is 0 Å². The zero-order chi connectivity index (χ0) is 14.7. The van der Waals surface area contributed by atoms with Crippen LogP contribution in [0, 0.1) is 15.9 Å². The molecule has 0 aliphatic rings. The van der Waals surface area contributed by atoms with Crippen LogP contribution in [-0.4, -0.2) is 17.0 Å². The van der Waals surface area contributed by atoms with Crippen LogP contribution in [0.25, 0.3) is 0 Å². The summed E-state index contributed by atoms with van der Waals surface area (Å²) in [6.07, 6.45) is 0. The largest absolute Gasteiger partial charge is 0.494 e. The Morgan fingerprint density at radius 3 is 2.80 bits per heavy atom. The minimum atomic E-state index is -0.578. The lowest BCUT2D eigenvalue weighted by Crippen LogP contribution is -2.01. The van der Waals surface area contributed by atoms with Crippen LogP contribution < -0.4 is 15.8 Å². The van der Waals surface area contributed by atoms with Gasteiger partial charge in [-0.1, -0.05) is 0 Å². The first kappa shape index (κ1) is 13.5. The number of benzene rings is 1. The van der Waals surface area contributed by atoms with Crippen molar-refractivity contribution in [2.75, 3.05) is 18.2 Å². The number of aromatic nitrogens is 1. The van der Waals surface area contributed by atoms with Gasteiger partial charge in [0.2, 0.25) is 0 Å². The molecule has 0 fully saturated rings. The van der Waals surface area contributed by atoms with E-state index in [0.717, 1.165) is 6.07 Å². The van der Waals surface area contributed by atoms with E-state index in [2.05, 4.69) is 10.3 Å². The Balaban J connectivity index is 2.37. The van der Waals surface area contributed by atoms with E-state index in [1.54, 1.807) is 0 Å². The molecule has 2 rings (SSSR count). The van der Waals surface area contributed by atoms with Gasteiger partial charge in [-0.05, 0) is 12.1 Å². The second-order valence-corrected chi connectivity index (χ2v) is 3.86. The van der Waals surface area contributed by atoms with Crippen molar-refractivity contribution in [2.45, 2.75) is 0 Å². The predicted octanol–water partition coefficient (Wildman–Crippen LogP) is 2.46. The van der Waals surface area contributed by atoms with Crippen LogP contribution >= 0.6 is 0 Å². The van der Waals surface area contributed by atoms with Gasteiger partial charge in [0.1, 0.15) is 23.2 Å². The van der Waals surface area contributed by atoms with Crippen LogP contribution in [0.5, 0.6) is 5.75 Å². The summed E-state index contributed by atoms with van der Waals surface area (Å²) in [6.45, 7) is 0. The SMILES string of the molecule is COc1cc(F)ccc1Nc1cc([N+](=O)[O-])cc(N)n1. The van der Waals surface area contributed by atoms with Crippen molar-refractivity contribution in [2.24, 2.45) is 0 Å². The van der Waals surface area contributed by atoms with Crippen molar-refractivity contribution >= 4 is 23.0 Å². The third-order valence-electron chi connectivity index (χ3n) is 2.47. The number of rotatable bonds is 4. The first-order valence-electron chi connectivity index (χ1n) is 5.52. The summed E-state index contributed by atoms with van der Waals surface area (Å²) in [4.78, 5) is 14.1. The van der Waals surface area contributed by atoms with Crippen molar-refractivity contribution in [1.82, 2.24) is 4.98 Å². The molecule has 0 radical (unpaired) electrons. The highest BCUT2D eigenvalue weighted by Gasteiger charge is 2.12. The van der Waals surface area contributed by atoms with E-state index in [9.17, 15) is 14.5 Å². The molecule has 0 amide bonds. The molecule has 1 aromatic carbocycles. The smallest absolute Gasteiger partial charge is 0.276 e. The highest BCUT2D eigenvalue weighted by molar-refractivity contribution is 5.66. The Bertz CT molecular complexity index is 663. The van der Waals surface area contributed by atoms with Gasteiger partial charge in [0.15, 0.2) is 0 Å². The number of nitrogens with two attached hydrogens (primary N) is 1. The van der Waals surface area contributed by atoms with Crippen LogP contribution in [0.3, 0.4) is 0 Å². The molecule has 2 aromatic rings. The number of nitrogens with one attached hydrogen (secondary N) is 1. The maximum Gasteiger partial charge on any atom is 0.276 e. The molecule has 3 N–H and O–H groups in total. The monoisotopic (exact) mass is 278 g/mol. The number of pyridine rings is 1. The highest BCUT2D eigenvalue weighted by Crippen LogP contribution is 2.29. The molecule has 0 unspecified atom stereocenters. The van der Waals surface area contributed by atoms with Crippen molar-refractivity contribution in [3.8, 4) is 5.75 Å². The van der Waals surface area contributed by atoms with E-state index in [-0.39, 0.29) is 23.1 Å². The third kappa shape index (κ3) is 2.91. The molecule has 0 spiro atoms. The zero-order valence-corrected chi connectivity index (χ0v) is 10.5. The normalized spacial score (nSPS) is 10.1. The summed E-state index contributed by atoms with van der Waals surface area (Å²) in [5.41, 5.74) is 5.72. The lowest BCUT2D eigenvalue weighted by molar-refractivity contribution is -0.384. The standard InChI is InChI=1S/C12H11FN4O3/c1-20-10-4-7(13)2-3-9(10)15-12-6-8(17(18)19)5-11(14)16-12/h2-6H,1H3,(H3,14,15,16). The van der Waals surface area contributed by atoms with Gasteiger partial charge in [0, 0.05) is 6.07 Å². The van der Waals surface area contributed by atoms with E-state index in [1.807, 2.05) is 0 Å². The number of hydrogen-bond acceptors (Lipinski definition) is 6. The highest BCUT2D eigenvalue weighted by atomic mass is 19.1. The van der Waals surface area contributed by atoms with Gasteiger partial charge in [-0.2, -0.15) is 0 Å². The average Bonchev–Trinajstić information content (AvgIpc) is 2.40. The molecule has 0 saturated carbocycles. The van der Waals surface area contributed by atoms with Gasteiger partial charge < -0.3 is 15.8 Å². The van der Waals surface area contributed by atoms with Gasteiger partial charge >= 0.3 is 0 Å². The van der Waals surface area contributed by atoms with Crippen molar-refractivity contribution in [3.63, 3.8) is 0 Å². The fraction of sp³-hybridized carbons (Fsp3) is 0.0833. The summed E-state index contributed by atoms with van der Waals surface area (Å²) in [6, 6.07) is 6.21. The molecule has 0 bridgehead atoms. The molecule has 0 aliphatic heterocycles. The third-order valence-corrected chi connectivity index (χ3v) is 2.47. The Labute approximate surface area is 113 Å². The molecular weight excluding hydrogens is 267 g/mol. The molecule has 20 heavy (non-hydrogen) atoms. The minimum Gasteiger partial charge on any atom is -0.494 e. The van der Waals surface area contributed by atoms with E-state index in [0.29, 0.717) is 5.69 Å². The van der Waals surface area contributed by atoms with Gasteiger partial charge in [-0.3, -0.25) is 10.1 Å². The van der Waals surface area contributed by atoms with Gasteiger partial charge in [-0.25, -0.2) is 9.37 Å². The number of methoxy groups -OCH3 is 1. The molecule has 1 heterocycles. The number of anilines is 3. The van der Waals surface area contributed by atoms with Gasteiger partial charge in [0.05, 0.1) is 29.9 Å². The number of ether oxygens (including phenoxy) is 1. The Kier molecular flexibility index (Phi) is 3.65. The maximum atomic E-state index is 13.1. The maximum absolute atomic E-state index is 13.1. The van der Waals surface area contributed by atoms with E-state index in [4.69, 9.17) is 10.5 Å². The second kappa shape index (κ2) is 5.39. The molecule has 0 saturated heterocycles. The quantitative estimate of drug-likeness (QED) is 0.657. The summed E-state index contributed by atoms with van der Waals surface area (Å²) in [7, 11) is 1.38. The molecular formula is C12H11FN4O3. The van der Waals surface area contributed by atoms with Crippen molar-refractivity contribution in [3.05, 3.63) is 46.3 Å². The van der Waals surface area contributed by atoms with E-state index < -0.39 is 10.7 Å². The molecule has 104 valence electrons. The van der Waals surface area contributed by atoms with Crippen LogP contribution in [0.15, 0.2) is 30.3 Å². The van der Waals surface area contributed by atoms with Gasteiger partial charge in [0.25, 0.3) is 5.69 Å². The van der Waals surface area contributed by atoms with E-state index in [1.165, 1.54) is 31.4 Å². The first-order valence-corrected chi connectivity index (χ1v) is 5.52. The number of nitro groups is 1.